The van der Waals surface area contributed by atoms with Crippen LogP contribution in [0.5, 0.6) is 5.75 Å². The maximum Gasteiger partial charge on any atom is 0.124 e. The summed E-state index contributed by atoms with van der Waals surface area (Å²) in [4.78, 5) is 0. The summed E-state index contributed by atoms with van der Waals surface area (Å²) in [5.74, 6) is 0.850. The predicted molar refractivity (Wildman–Crippen MR) is 66.8 cm³/mol. The Morgan fingerprint density at radius 2 is 2.31 bits per heavy atom. The Kier molecular flexibility index (Phi) is 3.86. The first-order valence-corrected chi connectivity index (χ1v) is 5.99. The molecule has 1 aromatic rings. The molecule has 0 heterocycles. The van der Waals surface area contributed by atoms with Crippen LogP contribution in [-0.4, -0.2) is 6.10 Å². The second kappa shape index (κ2) is 5.37. The third kappa shape index (κ3) is 2.77. The maximum absolute atomic E-state index is 5.91. The third-order valence-corrected chi connectivity index (χ3v) is 2.97. The molecule has 1 atom stereocenters. The highest BCUT2D eigenvalue weighted by atomic mass is 35.5. The lowest BCUT2D eigenvalue weighted by molar-refractivity contribution is 0.228. The zero-order valence-electron chi connectivity index (χ0n) is 9.16. The van der Waals surface area contributed by atoms with Crippen LogP contribution < -0.4 is 10.5 Å². The van der Waals surface area contributed by atoms with Crippen molar-refractivity contribution in [3.8, 4) is 5.75 Å². The van der Waals surface area contributed by atoms with E-state index in [2.05, 4.69) is 12.2 Å². The second-order valence-corrected chi connectivity index (χ2v) is 4.41. The van der Waals surface area contributed by atoms with E-state index in [0.717, 1.165) is 24.2 Å². The van der Waals surface area contributed by atoms with Gasteiger partial charge in [0, 0.05) is 17.1 Å². The fourth-order valence-electron chi connectivity index (χ4n) is 1.86. The normalized spacial score (nSPS) is 19.8. The maximum atomic E-state index is 5.91. The average molecular weight is 238 g/mol. The van der Waals surface area contributed by atoms with Gasteiger partial charge in [-0.2, -0.15) is 0 Å². The van der Waals surface area contributed by atoms with Crippen LogP contribution in [0.4, 0.5) is 0 Å². The van der Waals surface area contributed by atoms with Gasteiger partial charge in [-0.25, -0.2) is 0 Å². The fourth-order valence-corrected chi connectivity index (χ4v) is 2.06. The van der Waals surface area contributed by atoms with E-state index in [9.17, 15) is 0 Å². The van der Waals surface area contributed by atoms with Gasteiger partial charge in [0.25, 0.3) is 0 Å². The highest BCUT2D eigenvalue weighted by Crippen LogP contribution is 2.25. The van der Waals surface area contributed by atoms with Crippen molar-refractivity contribution >= 4 is 11.6 Å². The minimum atomic E-state index is 0.181. The summed E-state index contributed by atoms with van der Waals surface area (Å²) in [5, 5.41) is 0.701. The molecule has 16 heavy (non-hydrogen) atoms. The molecule has 3 heteroatoms. The molecule has 0 aliphatic heterocycles. The average Bonchev–Trinajstić information content (AvgIpc) is 2.33. The van der Waals surface area contributed by atoms with Gasteiger partial charge in [-0.3, -0.25) is 0 Å². The van der Waals surface area contributed by atoms with Crippen LogP contribution in [0.2, 0.25) is 5.02 Å². The van der Waals surface area contributed by atoms with Crippen molar-refractivity contribution in [2.24, 2.45) is 5.73 Å². The SMILES string of the molecule is NCc1cc(Cl)ccc1OC1C=CCCC1. The molecule has 0 bridgehead atoms. The van der Waals surface area contributed by atoms with Crippen molar-refractivity contribution in [2.75, 3.05) is 0 Å². The number of rotatable bonds is 3. The quantitative estimate of drug-likeness (QED) is 0.819. The van der Waals surface area contributed by atoms with Crippen LogP contribution in [0.15, 0.2) is 30.4 Å². The summed E-state index contributed by atoms with van der Waals surface area (Å²) in [7, 11) is 0. The number of nitrogens with two attached hydrogens (primary N) is 1. The van der Waals surface area contributed by atoms with Crippen molar-refractivity contribution in [1.82, 2.24) is 0 Å². The lowest BCUT2D eigenvalue weighted by Crippen LogP contribution is -2.17. The molecular formula is C13H16ClNO. The summed E-state index contributed by atoms with van der Waals surface area (Å²) < 4.78 is 5.91. The summed E-state index contributed by atoms with van der Waals surface area (Å²) in [6.45, 7) is 0.451. The molecule has 0 radical (unpaired) electrons. The van der Waals surface area contributed by atoms with E-state index < -0.39 is 0 Å². The first-order valence-electron chi connectivity index (χ1n) is 5.61. The van der Waals surface area contributed by atoms with Crippen LogP contribution >= 0.6 is 11.6 Å². The van der Waals surface area contributed by atoms with Crippen LogP contribution in [0.3, 0.4) is 0 Å². The Morgan fingerprint density at radius 1 is 1.44 bits per heavy atom. The minimum absolute atomic E-state index is 0.181. The molecule has 1 unspecified atom stereocenters. The lowest BCUT2D eigenvalue weighted by Gasteiger charge is -2.20. The van der Waals surface area contributed by atoms with Crippen LogP contribution in [0.25, 0.3) is 0 Å². The molecule has 1 aromatic carbocycles. The molecular weight excluding hydrogens is 222 g/mol. The molecule has 0 saturated carbocycles. The van der Waals surface area contributed by atoms with Gasteiger partial charge < -0.3 is 10.5 Å². The van der Waals surface area contributed by atoms with Crippen molar-refractivity contribution in [3.63, 3.8) is 0 Å². The van der Waals surface area contributed by atoms with Gasteiger partial charge in [0.1, 0.15) is 11.9 Å². The lowest BCUT2D eigenvalue weighted by atomic mass is 10.1. The molecule has 2 N–H and O–H groups in total. The molecule has 0 saturated heterocycles. The zero-order chi connectivity index (χ0) is 11.4. The first kappa shape index (κ1) is 11.5. The van der Waals surface area contributed by atoms with E-state index in [1.807, 2.05) is 18.2 Å². The molecule has 0 fully saturated rings. The van der Waals surface area contributed by atoms with Gasteiger partial charge >= 0.3 is 0 Å². The van der Waals surface area contributed by atoms with E-state index in [1.165, 1.54) is 6.42 Å². The van der Waals surface area contributed by atoms with Crippen molar-refractivity contribution in [3.05, 3.63) is 40.9 Å². The molecule has 86 valence electrons. The molecule has 0 aromatic heterocycles. The van der Waals surface area contributed by atoms with Gasteiger partial charge in [-0.15, -0.1) is 0 Å². The summed E-state index contributed by atoms with van der Waals surface area (Å²) in [6.07, 6.45) is 7.89. The first-order chi connectivity index (χ1) is 7.79. The molecule has 0 amide bonds. The highest BCUT2D eigenvalue weighted by molar-refractivity contribution is 6.30. The number of benzene rings is 1. The van der Waals surface area contributed by atoms with E-state index >= 15 is 0 Å². The van der Waals surface area contributed by atoms with Crippen LogP contribution in [0.1, 0.15) is 24.8 Å². The predicted octanol–water partition coefficient (Wildman–Crippen LogP) is 3.29. The van der Waals surface area contributed by atoms with Gasteiger partial charge in [-0.1, -0.05) is 17.7 Å². The van der Waals surface area contributed by atoms with E-state index in [1.54, 1.807) is 0 Å². The Morgan fingerprint density at radius 3 is 3.00 bits per heavy atom. The monoisotopic (exact) mass is 237 g/mol. The van der Waals surface area contributed by atoms with E-state index in [4.69, 9.17) is 22.1 Å². The Labute approximate surface area is 101 Å². The Balaban J connectivity index is 2.13. The van der Waals surface area contributed by atoms with Crippen LogP contribution in [-0.2, 0) is 6.54 Å². The van der Waals surface area contributed by atoms with Gasteiger partial charge in [0.15, 0.2) is 0 Å². The topological polar surface area (TPSA) is 35.2 Å². The van der Waals surface area contributed by atoms with E-state index in [0.29, 0.717) is 11.6 Å². The summed E-state index contributed by atoms with van der Waals surface area (Å²) >= 11 is 5.91. The molecule has 0 spiro atoms. The largest absolute Gasteiger partial charge is 0.486 e. The minimum Gasteiger partial charge on any atom is -0.486 e. The molecule has 1 aliphatic rings. The van der Waals surface area contributed by atoms with Crippen molar-refractivity contribution in [1.29, 1.82) is 0 Å². The van der Waals surface area contributed by atoms with Crippen LogP contribution in [0, 0.1) is 0 Å². The Hall–Kier alpha value is -0.990. The van der Waals surface area contributed by atoms with Gasteiger partial charge in [0.05, 0.1) is 0 Å². The molecule has 2 rings (SSSR count). The fraction of sp³-hybridized carbons (Fsp3) is 0.385. The Bertz CT molecular complexity index is 390. The van der Waals surface area contributed by atoms with Gasteiger partial charge in [0.2, 0.25) is 0 Å². The number of ether oxygens (including phenoxy) is 1. The van der Waals surface area contributed by atoms with E-state index in [-0.39, 0.29) is 6.10 Å². The number of hydrogen-bond acceptors (Lipinski definition) is 2. The smallest absolute Gasteiger partial charge is 0.124 e. The van der Waals surface area contributed by atoms with Gasteiger partial charge in [-0.05, 0) is 43.5 Å². The number of allylic oxidation sites excluding steroid dienone is 1. The second-order valence-electron chi connectivity index (χ2n) is 3.97. The summed E-state index contributed by atoms with van der Waals surface area (Å²) in [5.41, 5.74) is 6.63. The highest BCUT2D eigenvalue weighted by Gasteiger charge is 2.12. The third-order valence-electron chi connectivity index (χ3n) is 2.73. The zero-order valence-corrected chi connectivity index (χ0v) is 9.91. The standard InChI is InChI=1S/C13H16ClNO/c14-11-6-7-13(10(8-11)9-15)16-12-4-2-1-3-5-12/h2,4,6-8,12H,1,3,5,9,15H2. The number of hydrogen-bond donors (Lipinski definition) is 1. The van der Waals surface area contributed by atoms with Crippen molar-refractivity contribution in [2.45, 2.75) is 31.9 Å². The van der Waals surface area contributed by atoms with Crippen molar-refractivity contribution < 1.29 is 4.74 Å². The molecule has 1 aliphatic carbocycles. The number of halogens is 1. The summed E-state index contributed by atoms with van der Waals surface area (Å²) in [6, 6.07) is 5.60. The molecule has 2 nitrogen and oxygen atoms in total.